The van der Waals surface area contributed by atoms with Crippen molar-refractivity contribution < 1.29 is 14.3 Å². The molecule has 1 aromatic rings. The van der Waals surface area contributed by atoms with Crippen LogP contribution >= 0.6 is 0 Å². The summed E-state index contributed by atoms with van der Waals surface area (Å²) in [7, 11) is 0. The zero-order chi connectivity index (χ0) is 15.1. The molecule has 2 atom stereocenters. The topological polar surface area (TPSA) is 61.4 Å². The average molecular weight is 282 g/mol. The van der Waals surface area contributed by atoms with Gasteiger partial charge in [-0.2, -0.15) is 0 Å². The molecular weight excluding hydrogens is 259 g/mol. The van der Waals surface area contributed by atoms with Crippen molar-refractivity contribution in [2.24, 2.45) is 0 Å². The van der Waals surface area contributed by atoms with Crippen molar-refractivity contribution in [3.63, 3.8) is 0 Å². The molecule has 0 aromatic heterocycles. The highest BCUT2D eigenvalue weighted by molar-refractivity contribution is 5.74. The molecule has 0 saturated heterocycles. The summed E-state index contributed by atoms with van der Waals surface area (Å²) in [5.74, 6) is -0.275. The fourth-order valence-electron chi connectivity index (χ4n) is 1.77. The standard InChI is InChI=1S/C15H23FN2O2/c1-4-13(19)7-8-17-15(20)18-11(3)12-6-5-10(2)14(16)9-12/h5-6,9,11,13,19H,4,7-8H2,1-3H3,(H2,17,18,20). The van der Waals surface area contributed by atoms with E-state index in [-0.39, 0.29) is 24.0 Å². The maximum absolute atomic E-state index is 13.5. The zero-order valence-corrected chi connectivity index (χ0v) is 12.2. The van der Waals surface area contributed by atoms with Crippen molar-refractivity contribution in [2.45, 2.75) is 45.8 Å². The molecule has 0 radical (unpaired) electrons. The largest absolute Gasteiger partial charge is 0.393 e. The van der Waals surface area contributed by atoms with Gasteiger partial charge in [0, 0.05) is 6.54 Å². The van der Waals surface area contributed by atoms with E-state index >= 15 is 0 Å². The van der Waals surface area contributed by atoms with Gasteiger partial charge < -0.3 is 15.7 Å². The average Bonchev–Trinajstić information content (AvgIpc) is 2.41. The molecule has 112 valence electrons. The van der Waals surface area contributed by atoms with E-state index in [1.165, 1.54) is 6.07 Å². The molecule has 0 aliphatic heterocycles. The van der Waals surface area contributed by atoms with Crippen LogP contribution in [0.25, 0.3) is 0 Å². The lowest BCUT2D eigenvalue weighted by atomic mass is 10.1. The quantitative estimate of drug-likeness (QED) is 0.751. The van der Waals surface area contributed by atoms with Crippen LogP contribution in [0, 0.1) is 12.7 Å². The molecule has 0 spiro atoms. The lowest BCUT2D eigenvalue weighted by molar-refractivity contribution is 0.160. The van der Waals surface area contributed by atoms with Gasteiger partial charge in [-0.25, -0.2) is 9.18 Å². The number of nitrogens with one attached hydrogen (secondary N) is 2. The number of rotatable bonds is 6. The molecule has 4 nitrogen and oxygen atoms in total. The summed E-state index contributed by atoms with van der Waals surface area (Å²) in [6, 6.07) is 4.33. The number of halogens is 1. The molecule has 5 heteroatoms. The molecule has 3 N–H and O–H groups in total. The fraction of sp³-hybridized carbons (Fsp3) is 0.533. The second-order valence-electron chi connectivity index (χ2n) is 4.98. The van der Waals surface area contributed by atoms with E-state index in [1.54, 1.807) is 26.0 Å². The van der Waals surface area contributed by atoms with Crippen LogP contribution < -0.4 is 10.6 Å². The SMILES string of the molecule is CCC(O)CCNC(=O)NC(C)c1ccc(C)c(F)c1. The summed E-state index contributed by atoms with van der Waals surface area (Å²) in [4.78, 5) is 11.7. The van der Waals surface area contributed by atoms with Crippen molar-refractivity contribution in [3.8, 4) is 0 Å². The van der Waals surface area contributed by atoms with E-state index < -0.39 is 0 Å². The third-order valence-electron chi connectivity index (χ3n) is 3.28. The maximum atomic E-state index is 13.5. The summed E-state index contributed by atoms with van der Waals surface area (Å²) in [5.41, 5.74) is 1.30. The van der Waals surface area contributed by atoms with Gasteiger partial charge in [-0.3, -0.25) is 0 Å². The first-order chi connectivity index (χ1) is 9.43. The van der Waals surface area contributed by atoms with Crippen molar-refractivity contribution in [3.05, 3.63) is 35.1 Å². The third kappa shape index (κ3) is 5.17. The summed E-state index contributed by atoms with van der Waals surface area (Å²) in [6.07, 6.45) is 0.804. The smallest absolute Gasteiger partial charge is 0.315 e. The van der Waals surface area contributed by atoms with E-state index in [2.05, 4.69) is 10.6 Å². The van der Waals surface area contributed by atoms with Gasteiger partial charge in [0.25, 0.3) is 0 Å². The first-order valence-electron chi connectivity index (χ1n) is 6.92. The highest BCUT2D eigenvalue weighted by atomic mass is 19.1. The summed E-state index contributed by atoms with van der Waals surface area (Å²) in [5, 5.41) is 14.8. The van der Waals surface area contributed by atoms with Crippen LogP contribution in [0.4, 0.5) is 9.18 Å². The van der Waals surface area contributed by atoms with Crippen molar-refractivity contribution >= 4 is 6.03 Å². The van der Waals surface area contributed by atoms with Gasteiger partial charge in [0.2, 0.25) is 0 Å². The minimum atomic E-state index is -0.390. The highest BCUT2D eigenvalue weighted by Gasteiger charge is 2.11. The Morgan fingerprint density at radius 2 is 2.15 bits per heavy atom. The first-order valence-corrected chi connectivity index (χ1v) is 6.92. The Bertz CT molecular complexity index is 451. The van der Waals surface area contributed by atoms with Crippen LogP contribution in [0.2, 0.25) is 0 Å². The van der Waals surface area contributed by atoms with Gasteiger partial charge in [-0.1, -0.05) is 19.1 Å². The molecule has 0 heterocycles. The number of hydrogen-bond acceptors (Lipinski definition) is 2. The molecule has 0 bridgehead atoms. The van der Waals surface area contributed by atoms with Crippen molar-refractivity contribution in [1.29, 1.82) is 0 Å². The normalized spacial score (nSPS) is 13.7. The lowest BCUT2D eigenvalue weighted by Crippen LogP contribution is -2.38. The van der Waals surface area contributed by atoms with Crippen LogP contribution in [0.5, 0.6) is 0 Å². The summed E-state index contributed by atoms with van der Waals surface area (Å²) < 4.78 is 13.5. The predicted octanol–water partition coefficient (Wildman–Crippen LogP) is 2.66. The molecule has 2 unspecified atom stereocenters. The second kappa shape index (κ2) is 7.85. The number of amides is 2. The van der Waals surface area contributed by atoms with Crippen LogP contribution in [0.3, 0.4) is 0 Å². The van der Waals surface area contributed by atoms with Gasteiger partial charge in [0.15, 0.2) is 0 Å². The number of urea groups is 1. The number of hydrogen-bond donors (Lipinski definition) is 3. The van der Waals surface area contributed by atoms with Crippen LogP contribution in [0.15, 0.2) is 18.2 Å². The highest BCUT2D eigenvalue weighted by Crippen LogP contribution is 2.16. The van der Waals surface area contributed by atoms with Crippen LogP contribution in [-0.4, -0.2) is 23.8 Å². The van der Waals surface area contributed by atoms with E-state index in [0.717, 1.165) is 5.56 Å². The molecule has 1 rings (SSSR count). The Hall–Kier alpha value is -1.62. The summed E-state index contributed by atoms with van der Waals surface area (Å²) >= 11 is 0. The van der Waals surface area contributed by atoms with Gasteiger partial charge in [0.05, 0.1) is 12.1 Å². The maximum Gasteiger partial charge on any atom is 0.315 e. The van der Waals surface area contributed by atoms with Gasteiger partial charge >= 0.3 is 6.03 Å². The molecule has 1 aromatic carbocycles. The van der Waals surface area contributed by atoms with E-state index in [4.69, 9.17) is 0 Å². The lowest BCUT2D eigenvalue weighted by Gasteiger charge is -2.16. The first kappa shape index (κ1) is 16.4. The number of aryl methyl sites for hydroxylation is 1. The number of aliphatic hydroxyl groups is 1. The Morgan fingerprint density at radius 3 is 2.75 bits per heavy atom. The summed E-state index contributed by atoms with van der Waals surface area (Å²) in [6.45, 7) is 5.79. The second-order valence-corrected chi connectivity index (χ2v) is 4.98. The minimum Gasteiger partial charge on any atom is -0.393 e. The number of benzene rings is 1. The number of carbonyl (C=O) groups excluding carboxylic acids is 1. The Kier molecular flexibility index (Phi) is 6.45. The molecule has 2 amide bonds. The molecule has 0 fully saturated rings. The fourth-order valence-corrected chi connectivity index (χ4v) is 1.77. The Morgan fingerprint density at radius 1 is 1.45 bits per heavy atom. The zero-order valence-electron chi connectivity index (χ0n) is 12.2. The van der Waals surface area contributed by atoms with Gasteiger partial charge in [-0.05, 0) is 43.9 Å². The molecule has 0 saturated carbocycles. The van der Waals surface area contributed by atoms with E-state index in [0.29, 0.717) is 24.9 Å². The van der Waals surface area contributed by atoms with E-state index in [1.807, 2.05) is 6.92 Å². The predicted molar refractivity (Wildman–Crippen MR) is 77.0 cm³/mol. The monoisotopic (exact) mass is 282 g/mol. The van der Waals surface area contributed by atoms with Crippen molar-refractivity contribution in [1.82, 2.24) is 10.6 Å². The molecule has 0 aliphatic rings. The number of carbonyl (C=O) groups is 1. The third-order valence-corrected chi connectivity index (χ3v) is 3.28. The van der Waals surface area contributed by atoms with E-state index in [9.17, 15) is 14.3 Å². The Balaban J connectivity index is 2.43. The van der Waals surface area contributed by atoms with Crippen LogP contribution in [0.1, 0.15) is 43.9 Å². The van der Waals surface area contributed by atoms with Crippen molar-refractivity contribution in [2.75, 3.05) is 6.54 Å². The molecular formula is C15H23FN2O2. The van der Waals surface area contributed by atoms with Crippen LogP contribution in [-0.2, 0) is 0 Å². The minimum absolute atomic E-state index is 0.275. The Labute approximate surface area is 119 Å². The molecule has 0 aliphatic carbocycles. The molecule has 20 heavy (non-hydrogen) atoms. The van der Waals surface area contributed by atoms with Gasteiger partial charge in [0.1, 0.15) is 5.82 Å². The number of aliphatic hydroxyl groups excluding tert-OH is 1. The van der Waals surface area contributed by atoms with Gasteiger partial charge in [-0.15, -0.1) is 0 Å².